The third-order valence-electron chi connectivity index (χ3n) is 2.44. The van der Waals surface area contributed by atoms with Crippen LogP contribution in [0.2, 0.25) is 5.82 Å². The first-order valence-corrected chi connectivity index (χ1v) is 5.35. The van der Waals surface area contributed by atoms with Gasteiger partial charge in [-0.3, -0.25) is 0 Å². The molecule has 1 aliphatic rings. The third kappa shape index (κ3) is 3.57. The van der Waals surface area contributed by atoms with Gasteiger partial charge in [0.05, 0.1) is 14.5 Å². The van der Waals surface area contributed by atoms with Gasteiger partial charge in [-0.15, -0.1) is 0 Å². The Morgan fingerprint density at radius 2 is 2.40 bits per heavy atom. The second kappa shape index (κ2) is 5.78. The lowest BCUT2D eigenvalue weighted by Gasteiger charge is -2.29. The summed E-state index contributed by atoms with van der Waals surface area (Å²) in [7, 11) is 5.56. The summed E-state index contributed by atoms with van der Waals surface area (Å²) in [6.45, 7) is 3.18. The maximum absolute atomic E-state index is 11.5. The van der Waals surface area contributed by atoms with Gasteiger partial charge in [-0.2, -0.15) is 0 Å². The lowest BCUT2D eigenvalue weighted by Crippen LogP contribution is -2.42. The number of piperidine rings is 1. The van der Waals surface area contributed by atoms with Crippen molar-refractivity contribution in [2.24, 2.45) is 0 Å². The van der Waals surface area contributed by atoms with E-state index in [2.05, 4.69) is 0 Å². The van der Waals surface area contributed by atoms with Gasteiger partial charge in [0.25, 0.3) is 0 Å². The van der Waals surface area contributed by atoms with Gasteiger partial charge in [-0.1, -0.05) is 13.3 Å². The molecule has 0 aromatic carbocycles. The minimum atomic E-state index is -0.544. The minimum Gasteiger partial charge on any atom is -0.449 e. The quantitative estimate of drug-likeness (QED) is 0.517. The summed E-state index contributed by atoms with van der Waals surface area (Å²) in [5.74, 6) is -0.523. The van der Waals surface area contributed by atoms with Crippen LogP contribution >= 0.6 is 0 Å². The molecule has 82 valence electrons. The molecule has 1 heterocycles. The van der Waals surface area contributed by atoms with E-state index in [1.165, 1.54) is 4.90 Å². The molecule has 1 amide bonds. The average molecular weight is 209 g/mol. The predicted molar refractivity (Wildman–Crippen MR) is 57.0 cm³/mol. The van der Waals surface area contributed by atoms with E-state index in [9.17, 15) is 9.59 Å². The second-order valence-electron chi connectivity index (χ2n) is 3.74. The summed E-state index contributed by atoms with van der Waals surface area (Å²) in [5.41, 5.74) is 0. The number of hydrogen-bond acceptors (Lipinski definition) is 3. The van der Waals surface area contributed by atoms with Crippen LogP contribution in [0.3, 0.4) is 0 Å². The number of rotatable bonds is 3. The normalized spacial score (nSPS) is 21.5. The van der Waals surface area contributed by atoms with Crippen LogP contribution in [0.4, 0.5) is 4.79 Å². The van der Waals surface area contributed by atoms with Crippen LogP contribution in [0.15, 0.2) is 0 Å². The number of hydrogen-bond donors (Lipinski definition) is 0. The maximum Gasteiger partial charge on any atom is 0.409 e. The molecular formula is C10H16BNO3. The number of amides is 1. The van der Waals surface area contributed by atoms with E-state index in [1.807, 2.05) is 6.92 Å². The van der Waals surface area contributed by atoms with Crippen molar-refractivity contribution in [2.75, 3.05) is 19.7 Å². The summed E-state index contributed by atoms with van der Waals surface area (Å²) in [5, 5.41) is 0. The summed E-state index contributed by atoms with van der Waals surface area (Å²) >= 11 is 0. The summed E-state index contributed by atoms with van der Waals surface area (Å²) in [6.07, 6.45) is 1.84. The van der Waals surface area contributed by atoms with Crippen LogP contribution in [0, 0.1) is 0 Å². The standard InChI is InChI=1S/C10H16BNO3/c1-2-3-6-15-10(14)12-5-4-9(13)8(11)7-12/h8H,2-7H2,1H3. The molecule has 5 heteroatoms. The molecule has 0 N–H and O–H groups in total. The van der Waals surface area contributed by atoms with E-state index < -0.39 is 5.82 Å². The van der Waals surface area contributed by atoms with Crippen molar-refractivity contribution in [2.45, 2.75) is 32.0 Å². The lowest BCUT2D eigenvalue weighted by atomic mass is 9.80. The Morgan fingerprint density at radius 3 is 3.00 bits per heavy atom. The van der Waals surface area contributed by atoms with E-state index in [0.29, 0.717) is 19.6 Å². The fraction of sp³-hybridized carbons (Fsp3) is 0.800. The Kier molecular flexibility index (Phi) is 4.65. The molecule has 1 saturated heterocycles. The molecule has 1 atom stereocenters. The number of unbranched alkanes of at least 4 members (excludes halogenated alkanes) is 1. The van der Waals surface area contributed by atoms with E-state index in [4.69, 9.17) is 12.6 Å². The van der Waals surface area contributed by atoms with Crippen molar-refractivity contribution in [3.8, 4) is 0 Å². The molecule has 1 fully saturated rings. The van der Waals surface area contributed by atoms with Gasteiger partial charge in [-0.25, -0.2) is 4.79 Å². The van der Waals surface area contributed by atoms with E-state index in [-0.39, 0.29) is 18.4 Å². The molecule has 0 spiro atoms. The average Bonchev–Trinajstić information content (AvgIpc) is 2.22. The summed E-state index contributed by atoms with van der Waals surface area (Å²) in [6, 6.07) is 0. The highest BCUT2D eigenvalue weighted by Crippen LogP contribution is 2.15. The first-order chi connectivity index (χ1) is 7.15. The number of carbonyl (C=O) groups excluding carboxylic acids is 2. The van der Waals surface area contributed by atoms with Gasteiger partial charge in [-0.05, 0) is 12.2 Å². The lowest BCUT2D eigenvalue weighted by molar-refractivity contribution is -0.121. The van der Waals surface area contributed by atoms with Crippen LogP contribution < -0.4 is 0 Å². The molecule has 0 saturated carbocycles. The van der Waals surface area contributed by atoms with Gasteiger partial charge < -0.3 is 14.4 Å². The molecular weight excluding hydrogens is 193 g/mol. The molecule has 4 nitrogen and oxygen atoms in total. The fourth-order valence-corrected chi connectivity index (χ4v) is 1.42. The number of likely N-dealkylation sites (tertiary alicyclic amines) is 1. The van der Waals surface area contributed by atoms with Gasteiger partial charge in [0.1, 0.15) is 5.78 Å². The molecule has 2 radical (unpaired) electrons. The van der Waals surface area contributed by atoms with Crippen molar-refractivity contribution < 1.29 is 14.3 Å². The van der Waals surface area contributed by atoms with Crippen molar-refractivity contribution in [1.82, 2.24) is 4.90 Å². The summed E-state index contributed by atoms with van der Waals surface area (Å²) < 4.78 is 5.03. The number of nitrogens with zero attached hydrogens (tertiary/aromatic N) is 1. The van der Waals surface area contributed by atoms with Crippen molar-refractivity contribution in [3.05, 3.63) is 0 Å². The van der Waals surface area contributed by atoms with E-state index in [0.717, 1.165) is 12.8 Å². The minimum absolute atomic E-state index is 0.0209. The first-order valence-electron chi connectivity index (χ1n) is 5.35. The predicted octanol–water partition coefficient (Wildman–Crippen LogP) is 1.15. The molecule has 0 aliphatic carbocycles. The molecule has 1 rings (SSSR count). The summed E-state index contributed by atoms with van der Waals surface area (Å²) in [4.78, 5) is 24.1. The zero-order valence-electron chi connectivity index (χ0n) is 9.07. The maximum atomic E-state index is 11.5. The number of Topliss-reactive ketones (excluding diaryl/α,β-unsaturated/α-hetero) is 1. The van der Waals surface area contributed by atoms with Gasteiger partial charge >= 0.3 is 6.09 Å². The van der Waals surface area contributed by atoms with Crippen LogP contribution in [0.25, 0.3) is 0 Å². The molecule has 0 aromatic rings. The molecule has 0 bridgehead atoms. The van der Waals surface area contributed by atoms with E-state index >= 15 is 0 Å². The Labute approximate surface area is 91.4 Å². The molecule has 15 heavy (non-hydrogen) atoms. The Hall–Kier alpha value is -0.995. The van der Waals surface area contributed by atoms with Crippen molar-refractivity contribution >= 4 is 19.7 Å². The molecule has 0 aromatic heterocycles. The van der Waals surface area contributed by atoms with Crippen LogP contribution in [0.1, 0.15) is 26.2 Å². The zero-order valence-corrected chi connectivity index (χ0v) is 9.07. The van der Waals surface area contributed by atoms with Crippen LogP contribution in [-0.2, 0) is 9.53 Å². The van der Waals surface area contributed by atoms with Crippen LogP contribution in [-0.4, -0.2) is 44.3 Å². The number of ether oxygens (including phenoxy) is 1. The van der Waals surface area contributed by atoms with Gasteiger partial charge in [0, 0.05) is 19.5 Å². The number of carbonyl (C=O) groups is 2. The molecule has 1 unspecified atom stereocenters. The Balaban J connectivity index is 2.31. The monoisotopic (exact) mass is 209 g/mol. The SMILES string of the molecule is [B]C1CN(C(=O)OCCCC)CCC1=O. The smallest absolute Gasteiger partial charge is 0.409 e. The first kappa shape index (κ1) is 12.1. The highest BCUT2D eigenvalue weighted by molar-refractivity contribution is 6.24. The third-order valence-corrected chi connectivity index (χ3v) is 2.44. The van der Waals surface area contributed by atoms with Crippen molar-refractivity contribution in [1.29, 1.82) is 0 Å². The fourth-order valence-electron chi connectivity index (χ4n) is 1.42. The van der Waals surface area contributed by atoms with Gasteiger partial charge in [0.15, 0.2) is 0 Å². The molecule has 1 aliphatic heterocycles. The van der Waals surface area contributed by atoms with E-state index in [1.54, 1.807) is 0 Å². The Bertz CT molecular complexity index is 245. The topological polar surface area (TPSA) is 46.6 Å². The Morgan fingerprint density at radius 1 is 1.67 bits per heavy atom. The zero-order chi connectivity index (χ0) is 11.3. The van der Waals surface area contributed by atoms with Crippen LogP contribution in [0.5, 0.6) is 0 Å². The number of ketones is 1. The second-order valence-corrected chi connectivity index (χ2v) is 3.74. The largest absolute Gasteiger partial charge is 0.449 e. The van der Waals surface area contributed by atoms with Crippen molar-refractivity contribution in [3.63, 3.8) is 0 Å². The highest BCUT2D eigenvalue weighted by Gasteiger charge is 2.26. The highest BCUT2D eigenvalue weighted by atomic mass is 16.6. The van der Waals surface area contributed by atoms with Gasteiger partial charge in [0.2, 0.25) is 0 Å².